The fourth-order valence-electron chi connectivity index (χ4n) is 3.71. The van der Waals surface area contributed by atoms with Gasteiger partial charge < -0.3 is 9.80 Å². The third-order valence-corrected chi connectivity index (χ3v) is 5.58. The van der Waals surface area contributed by atoms with Crippen LogP contribution in [0.25, 0.3) is 5.78 Å². The van der Waals surface area contributed by atoms with Gasteiger partial charge in [-0.25, -0.2) is 0 Å². The van der Waals surface area contributed by atoms with Gasteiger partial charge in [0.15, 0.2) is 0 Å². The molecule has 146 valence electrons. The quantitative estimate of drug-likeness (QED) is 0.701. The summed E-state index contributed by atoms with van der Waals surface area (Å²) in [5, 5.41) is 8.44. The second-order valence-electron chi connectivity index (χ2n) is 7.44. The topological polar surface area (TPSA) is 66.6 Å². The molecule has 0 N–H and O–H groups in total. The Kier molecular flexibility index (Phi) is 4.75. The normalized spacial score (nSPS) is 14.7. The Morgan fingerprint density at radius 2 is 1.75 bits per heavy atom. The van der Waals surface area contributed by atoms with Gasteiger partial charge in [-0.1, -0.05) is 13.0 Å². The lowest BCUT2D eigenvalue weighted by Gasteiger charge is -2.35. The molecule has 1 aromatic carbocycles. The lowest BCUT2D eigenvalue weighted by Crippen LogP contribution is -2.49. The van der Waals surface area contributed by atoms with E-state index in [9.17, 15) is 4.79 Å². The van der Waals surface area contributed by atoms with Gasteiger partial charge in [-0.2, -0.15) is 4.98 Å². The van der Waals surface area contributed by atoms with Gasteiger partial charge >= 0.3 is 0 Å². The Hall–Kier alpha value is -2.96. The van der Waals surface area contributed by atoms with E-state index in [4.69, 9.17) is 0 Å². The predicted octanol–water partition coefficient (Wildman–Crippen LogP) is 2.57. The Labute approximate surface area is 165 Å². The molecule has 28 heavy (non-hydrogen) atoms. The van der Waals surface area contributed by atoms with Crippen LogP contribution in [0, 0.1) is 20.8 Å². The summed E-state index contributed by atoms with van der Waals surface area (Å²) in [6.07, 6.45) is 0.822. The number of aryl methyl sites for hydroxylation is 4. The molecule has 0 radical (unpaired) electrons. The van der Waals surface area contributed by atoms with E-state index in [1.54, 1.807) is 0 Å². The van der Waals surface area contributed by atoms with Gasteiger partial charge in [0.05, 0.1) is 0 Å². The second kappa shape index (κ2) is 7.22. The summed E-state index contributed by atoms with van der Waals surface area (Å²) < 4.78 is 2.00. The van der Waals surface area contributed by atoms with Gasteiger partial charge in [-0.3, -0.25) is 9.20 Å². The van der Waals surface area contributed by atoms with Crippen LogP contribution in [0.15, 0.2) is 24.3 Å². The van der Waals surface area contributed by atoms with Crippen molar-refractivity contribution < 1.29 is 4.79 Å². The number of hydrogen-bond acceptors (Lipinski definition) is 5. The molecule has 0 unspecified atom stereocenters. The standard InChI is InChI=1S/C21H26N6O/c1-5-18-23-24-21-22-19(13-16(4)27(18)21)25-8-10-26(11-9-25)20(28)17-7-6-14(2)15(3)12-17/h6-7,12-13H,5,8-11H2,1-4H3. The van der Waals surface area contributed by atoms with Crippen LogP contribution in [0.4, 0.5) is 5.82 Å². The van der Waals surface area contributed by atoms with Crippen LogP contribution < -0.4 is 4.90 Å². The average Bonchev–Trinajstić information content (AvgIpc) is 3.13. The zero-order valence-electron chi connectivity index (χ0n) is 16.9. The van der Waals surface area contributed by atoms with Crippen molar-refractivity contribution in [2.75, 3.05) is 31.1 Å². The maximum atomic E-state index is 12.8. The highest BCUT2D eigenvalue weighted by molar-refractivity contribution is 5.94. The summed E-state index contributed by atoms with van der Waals surface area (Å²) in [5.41, 5.74) is 4.20. The summed E-state index contributed by atoms with van der Waals surface area (Å²) in [6.45, 7) is 11.1. The molecule has 7 heteroatoms. The average molecular weight is 378 g/mol. The number of carbonyl (C=O) groups excluding carboxylic acids is 1. The summed E-state index contributed by atoms with van der Waals surface area (Å²) in [5.74, 6) is 2.57. The summed E-state index contributed by atoms with van der Waals surface area (Å²) >= 11 is 0. The first-order valence-electron chi connectivity index (χ1n) is 9.81. The molecule has 0 saturated carbocycles. The number of nitrogens with zero attached hydrogens (tertiary/aromatic N) is 6. The van der Waals surface area contributed by atoms with Crippen LogP contribution in [0.1, 0.15) is 39.9 Å². The largest absolute Gasteiger partial charge is 0.353 e. The minimum absolute atomic E-state index is 0.104. The Morgan fingerprint density at radius 3 is 2.43 bits per heavy atom. The highest BCUT2D eigenvalue weighted by Crippen LogP contribution is 2.19. The molecule has 0 aliphatic carbocycles. The maximum Gasteiger partial charge on any atom is 0.257 e. The minimum Gasteiger partial charge on any atom is -0.353 e. The van der Waals surface area contributed by atoms with Crippen LogP contribution in [-0.4, -0.2) is 56.6 Å². The molecule has 1 amide bonds. The number of aromatic nitrogens is 4. The summed E-state index contributed by atoms with van der Waals surface area (Å²) in [6, 6.07) is 8.01. The van der Waals surface area contributed by atoms with Gasteiger partial charge in [0, 0.05) is 49.9 Å². The lowest BCUT2D eigenvalue weighted by molar-refractivity contribution is 0.0746. The zero-order valence-corrected chi connectivity index (χ0v) is 16.9. The van der Waals surface area contributed by atoms with E-state index in [1.165, 1.54) is 5.56 Å². The molecule has 0 atom stereocenters. The predicted molar refractivity (Wildman–Crippen MR) is 109 cm³/mol. The first-order chi connectivity index (χ1) is 13.5. The third kappa shape index (κ3) is 3.21. The van der Waals surface area contributed by atoms with Crippen molar-refractivity contribution in [1.29, 1.82) is 0 Å². The van der Waals surface area contributed by atoms with Crippen LogP contribution in [-0.2, 0) is 6.42 Å². The number of hydrogen-bond donors (Lipinski definition) is 0. The molecule has 7 nitrogen and oxygen atoms in total. The highest BCUT2D eigenvalue weighted by atomic mass is 16.2. The van der Waals surface area contributed by atoms with Crippen molar-refractivity contribution in [3.05, 3.63) is 52.5 Å². The lowest BCUT2D eigenvalue weighted by atomic mass is 10.1. The van der Waals surface area contributed by atoms with Crippen molar-refractivity contribution in [3.63, 3.8) is 0 Å². The number of amides is 1. The van der Waals surface area contributed by atoms with Gasteiger partial charge in [-0.05, 0) is 44.0 Å². The molecule has 0 spiro atoms. The van der Waals surface area contributed by atoms with Gasteiger partial charge in [0.1, 0.15) is 11.6 Å². The molecule has 3 aromatic rings. The van der Waals surface area contributed by atoms with E-state index in [0.29, 0.717) is 18.9 Å². The molecule has 1 fully saturated rings. The molecule has 2 aromatic heterocycles. The van der Waals surface area contributed by atoms with Gasteiger partial charge in [0.25, 0.3) is 11.7 Å². The van der Waals surface area contributed by atoms with Gasteiger partial charge in [-0.15, -0.1) is 10.2 Å². The molecular weight excluding hydrogens is 352 g/mol. The molecule has 3 heterocycles. The van der Waals surface area contributed by atoms with Crippen molar-refractivity contribution >= 4 is 17.5 Å². The molecule has 0 bridgehead atoms. The van der Waals surface area contributed by atoms with Crippen molar-refractivity contribution in [2.24, 2.45) is 0 Å². The van der Waals surface area contributed by atoms with Gasteiger partial charge in [0.2, 0.25) is 0 Å². The van der Waals surface area contributed by atoms with E-state index in [-0.39, 0.29) is 5.91 Å². The monoisotopic (exact) mass is 378 g/mol. The number of carbonyl (C=O) groups is 1. The number of fused-ring (bicyclic) bond motifs is 1. The van der Waals surface area contributed by atoms with Crippen LogP contribution in [0.5, 0.6) is 0 Å². The number of benzene rings is 1. The fourth-order valence-corrected chi connectivity index (χ4v) is 3.71. The van der Waals surface area contributed by atoms with Crippen molar-refractivity contribution in [2.45, 2.75) is 34.1 Å². The number of piperazine rings is 1. The minimum atomic E-state index is 0.104. The molecular formula is C21H26N6O. The SMILES string of the molecule is CCc1nnc2nc(N3CCN(C(=O)c4ccc(C)c(C)c4)CC3)cc(C)n12. The smallest absolute Gasteiger partial charge is 0.257 e. The molecule has 1 aliphatic heterocycles. The maximum absolute atomic E-state index is 12.8. The highest BCUT2D eigenvalue weighted by Gasteiger charge is 2.24. The number of rotatable bonds is 3. The Balaban J connectivity index is 1.49. The zero-order chi connectivity index (χ0) is 19.8. The first-order valence-corrected chi connectivity index (χ1v) is 9.81. The van der Waals surface area contributed by atoms with Crippen molar-refractivity contribution in [3.8, 4) is 0 Å². The summed E-state index contributed by atoms with van der Waals surface area (Å²) in [7, 11) is 0. The number of anilines is 1. The Bertz CT molecular complexity index is 1030. The third-order valence-electron chi connectivity index (χ3n) is 5.58. The first kappa shape index (κ1) is 18.4. The molecule has 1 saturated heterocycles. The van der Waals surface area contributed by atoms with E-state index < -0.39 is 0 Å². The van der Waals surface area contributed by atoms with Crippen LogP contribution in [0.3, 0.4) is 0 Å². The van der Waals surface area contributed by atoms with Crippen LogP contribution >= 0.6 is 0 Å². The fraction of sp³-hybridized carbons (Fsp3) is 0.429. The van der Waals surface area contributed by atoms with E-state index in [2.05, 4.69) is 46.9 Å². The van der Waals surface area contributed by atoms with E-state index in [1.807, 2.05) is 34.4 Å². The summed E-state index contributed by atoms with van der Waals surface area (Å²) in [4.78, 5) is 21.7. The second-order valence-corrected chi connectivity index (χ2v) is 7.44. The van der Waals surface area contributed by atoms with Crippen LogP contribution in [0.2, 0.25) is 0 Å². The molecule has 4 rings (SSSR count). The van der Waals surface area contributed by atoms with Crippen molar-refractivity contribution in [1.82, 2.24) is 24.5 Å². The molecule has 1 aliphatic rings. The Morgan fingerprint density at radius 1 is 1.00 bits per heavy atom. The van der Waals surface area contributed by atoms with E-state index >= 15 is 0 Å². The van der Waals surface area contributed by atoms with E-state index in [0.717, 1.165) is 48.0 Å².